The molecule has 0 spiro atoms. The van der Waals surface area contributed by atoms with Crippen LogP contribution in [-0.4, -0.2) is 4.98 Å². The predicted molar refractivity (Wildman–Crippen MR) is 50.9 cm³/mol. The van der Waals surface area contributed by atoms with Crippen molar-refractivity contribution in [2.24, 2.45) is 0 Å². The number of benzene rings is 1. The number of aryl methyl sites for hydroxylation is 1. The highest BCUT2D eigenvalue weighted by Gasteiger charge is 1.96. The molecule has 0 radical (unpaired) electrons. The van der Waals surface area contributed by atoms with Gasteiger partial charge in [0, 0.05) is 11.6 Å². The molecule has 2 rings (SSSR count). The zero-order chi connectivity index (χ0) is 8.55. The van der Waals surface area contributed by atoms with Crippen LogP contribution in [0.1, 0.15) is 5.56 Å². The van der Waals surface area contributed by atoms with Crippen LogP contribution in [0.3, 0.4) is 0 Å². The van der Waals surface area contributed by atoms with Crippen molar-refractivity contribution >= 4 is 16.6 Å². The molecule has 0 saturated carbocycles. The molecule has 2 heteroatoms. The second-order valence-electron chi connectivity index (χ2n) is 2.92. The highest BCUT2D eigenvalue weighted by molar-refractivity contribution is 5.91. The lowest BCUT2D eigenvalue weighted by molar-refractivity contribution is 1.36. The topological polar surface area (TPSA) is 38.9 Å². The lowest BCUT2D eigenvalue weighted by Crippen LogP contribution is -1.90. The molecular formula is C10H10N2. The van der Waals surface area contributed by atoms with Crippen molar-refractivity contribution in [1.82, 2.24) is 4.98 Å². The Morgan fingerprint density at radius 2 is 2.08 bits per heavy atom. The molecule has 2 aromatic rings. The third-order valence-electron chi connectivity index (χ3n) is 1.95. The number of fused-ring (bicyclic) bond motifs is 1. The van der Waals surface area contributed by atoms with Crippen LogP contribution in [0.15, 0.2) is 30.5 Å². The highest BCUT2D eigenvalue weighted by atomic mass is 14.8. The van der Waals surface area contributed by atoms with E-state index in [1.54, 1.807) is 6.20 Å². The van der Waals surface area contributed by atoms with E-state index >= 15 is 0 Å². The van der Waals surface area contributed by atoms with Crippen LogP contribution in [0.5, 0.6) is 0 Å². The Labute approximate surface area is 71.0 Å². The normalized spacial score (nSPS) is 10.4. The molecule has 0 bridgehead atoms. The van der Waals surface area contributed by atoms with Gasteiger partial charge in [0.2, 0.25) is 0 Å². The molecule has 0 unspecified atom stereocenters. The van der Waals surface area contributed by atoms with E-state index < -0.39 is 0 Å². The van der Waals surface area contributed by atoms with E-state index in [4.69, 9.17) is 5.73 Å². The molecule has 2 N–H and O–H groups in total. The summed E-state index contributed by atoms with van der Waals surface area (Å²) in [6.45, 7) is 2.05. The van der Waals surface area contributed by atoms with Gasteiger partial charge in [0.15, 0.2) is 0 Å². The number of nitrogens with zero attached hydrogens (tertiary/aromatic N) is 1. The summed E-state index contributed by atoms with van der Waals surface area (Å²) in [5.74, 6) is 0.608. The number of aromatic nitrogens is 1. The summed E-state index contributed by atoms with van der Waals surface area (Å²) in [6, 6.07) is 8.15. The number of rotatable bonds is 0. The fourth-order valence-corrected chi connectivity index (χ4v) is 1.30. The Hall–Kier alpha value is -1.57. The molecule has 1 aromatic heterocycles. The van der Waals surface area contributed by atoms with Crippen molar-refractivity contribution in [3.05, 3.63) is 36.0 Å². The quantitative estimate of drug-likeness (QED) is 0.637. The lowest BCUT2D eigenvalue weighted by atomic mass is 10.1. The Morgan fingerprint density at radius 3 is 2.92 bits per heavy atom. The van der Waals surface area contributed by atoms with Gasteiger partial charge in [-0.25, -0.2) is 4.98 Å². The minimum absolute atomic E-state index is 0.608. The fraction of sp³-hybridized carbons (Fsp3) is 0.100. The maximum Gasteiger partial charge on any atom is 0.131 e. The minimum atomic E-state index is 0.608. The Morgan fingerprint density at radius 1 is 1.25 bits per heavy atom. The van der Waals surface area contributed by atoms with Crippen LogP contribution < -0.4 is 5.73 Å². The average Bonchev–Trinajstić information content (AvgIpc) is 2.07. The summed E-state index contributed by atoms with van der Waals surface area (Å²) in [5, 5.41) is 2.19. The number of nitrogen functional groups attached to an aromatic ring is 1. The summed E-state index contributed by atoms with van der Waals surface area (Å²) >= 11 is 0. The molecule has 0 aliphatic rings. The number of hydrogen-bond acceptors (Lipinski definition) is 2. The number of hydrogen-bond donors (Lipinski definition) is 1. The zero-order valence-electron chi connectivity index (χ0n) is 6.91. The van der Waals surface area contributed by atoms with E-state index in [1.165, 1.54) is 5.56 Å². The van der Waals surface area contributed by atoms with Crippen molar-refractivity contribution in [2.75, 3.05) is 5.73 Å². The van der Waals surface area contributed by atoms with Gasteiger partial charge in [-0.05, 0) is 24.4 Å². The maximum absolute atomic E-state index is 5.71. The molecule has 0 fully saturated rings. The maximum atomic E-state index is 5.71. The van der Waals surface area contributed by atoms with E-state index in [1.807, 2.05) is 13.0 Å². The smallest absolute Gasteiger partial charge is 0.131 e. The monoisotopic (exact) mass is 158 g/mol. The Kier molecular flexibility index (Phi) is 1.47. The second kappa shape index (κ2) is 2.48. The summed E-state index contributed by atoms with van der Waals surface area (Å²) in [7, 11) is 0. The van der Waals surface area contributed by atoms with Gasteiger partial charge in [-0.2, -0.15) is 0 Å². The van der Waals surface area contributed by atoms with E-state index in [-0.39, 0.29) is 0 Å². The molecule has 1 aromatic carbocycles. The van der Waals surface area contributed by atoms with Crippen LogP contribution >= 0.6 is 0 Å². The molecule has 0 atom stereocenters. The van der Waals surface area contributed by atoms with Crippen molar-refractivity contribution in [2.45, 2.75) is 6.92 Å². The lowest BCUT2D eigenvalue weighted by Gasteiger charge is -2.00. The third kappa shape index (κ3) is 1.01. The van der Waals surface area contributed by atoms with E-state index in [2.05, 4.69) is 23.2 Å². The second-order valence-corrected chi connectivity index (χ2v) is 2.92. The number of nitrogens with two attached hydrogens (primary N) is 1. The Balaban J connectivity index is 2.88. The summed E-state index contributed by atoms with van der Waals surface area (Å²) in [4.78, 5) is 4.03. The minimum Gasteiger partial charge on any atom is -0.383 e. The van der Waals surface area contributed by atoms with Crippen LogP contribution in [-0.2, 0) is 0 Å². The largest absolute Gasteiger partial charge is 0.383 e. The molecule has 0 aliphatic carbocycles. The van der Waals surface area contributed by atoms with Crippen molar-refractivity contribution in [3.8, 4) is 0 Å². The predicted octanol–water partition coefficient (Wildman–Crippen LogP) is 2.13. The van der Waals surface area contributed by atoms with Crippen LogP contribution in [0, 0.1) is 6.92 Å². The van der Waals surface area contributed by atoms with Crippen molar-refractivity contribution in [1.29, 1.82) is 0 Å². The van der Waals surface area contributed by atoms with Gasteiger partial charge in [-0.1, -0.05) is 17.7 Å². The van der Waals surface area contributed by atoms with Gasteiger partial charge >= 0.3 is 0 Å². The number of anilines is 1. The molecule has 1 heterocycles. The zero-order valence-corrected chi connectivity index (χ0v) is 6.91. The summed E-state index contributed by atoms with van der Waals surface area (Å²) < 4.78 is 0. The fourth-order valence-electron chi connectivity index (χ4n) is 1.30. The van der Waals surface area contributed by atoms with Crippen LogP contribution in [0.2, 0.25) is 0 Å². The first kappa shape index (κ1) is 7.10. The van der Waals surface area contributed by atoms with Gasteiger partial charge in [0.25, 0.3) is 0 Å². The van der Waals surface area contributed by atoms with Crippen LogP contribution in [0.25, 0.3) is 10.8 Å². The van der Waals surface area contributed by atoms with E-state index in [0.29, 0.717) is 5.82 Å². The van der Waals surface area contributed by atoms with Gasteiger partial charge in [-0.15, -0.1) is 0 Å². The molecule has 0 amide bonds. The number of pyridine rings is 1. The molecule has 2 nitrogen and oxygen atoms in total. The first-order valence-electron chi connectivity index (χ1n) is 3.88. The molecule has 60 valence electrons. The first-order chi connectivity index (χ1) is 5.77. The van der Waals surface area contributed by atoms with Gasteiger partial charge in [0.1, 0.15) is 5.82 Å². The van der Waals surface area contributed by atoms with Gasteiger partial charge in [-0.3, -0.25) is 0 Å². The first-order valence-corrected chi connectivity index (χ1v) is 3.88. The Bertz CT molecular complexity index is 421. The highest BCUT2D eigenvalue weighted by Crippen LogP contribution is 2.19. The molecular weight excluding hydrogens is 148 g/mol. The summed E-state index contributed by atoms with van der Waals surface area (Å²) in [5.41, 5.74) is 6.92. The molecule has 0 aliphatic heterocycles. The van der Waals surface area contributed by atoms with Gasteiger partial charge in [0.05, 0.1) is 0 Å². The van der Waals surface area contributed by atoms with Crippen LogP contribution in [0.4, 0.5) is 5.82 Å². The average molecular weight is 158 g/mol. The van der Waals surface area contributed by atoms with Gasteiger partial charge < -0.3 is 5.73 Å². The van der Waals surface area contributed by atoms with E-state index in [9.17, 15) is 0 Å². The summed E-state index contributed by atoms with van der Waals surface area (Å²) in [6.07, 6.45) is 1.73. The molecule has 12 heavy (non-hydrogen) atoms. The van der Waals surface area contributed by atoms with E-state index in [0.717, 1.165) is 10.8 Å². The molecule has 0 saturated heterocycles. The SMILES string of the molecule is Cc1ccc2ccnc(N)c2c1. The van der Waals surface area contributed by atoms with Crippen molar-refractivity contribution in [3.63, 3.8) is 0 Å². The standard InChI is InChI=1S/C10H10N2/c1-7-2-3-8-4-5-12-10(11)9(8)6-7/h2-6H,1H3,(H2,11,12). The third-order valence-corrected chi connectivity index (χ3v) is 1.95. The van der Waals surface area contributed by atoms with Crippen molar-refractivity contribution < 1.29 is 0 Å².